The van der Waals surface area contributed by atoms with E-state index in [9.17, 15) is 0 Å². The molecule has 0 aliphatic heterocycles. The van der Waals surface area contributed by atoms with Crippen molar-refractivity contribution in [1.82, 2.24) is 0 Å². The van der Waals surface area contributed by atoms with Gasteiger partial charge in [-0.15, -0.1) is 11.3 Å². The van der Waals surface area contributed by atoms with Crippen LogP contribution in [0.5, 0.6) is 0 Å². The Hall–Kier alpha value is 0.1000. The summed E-state index contributed by atoms with van der Waals surface area (Å²) < 4.78 is 7.14. The second kappa shape index (κ2) is 6.74. The molecule has 0 spiro atoms. The van der Waals surface area contributed by atoms with Crippen molar-refractivity contribution in [3.63, 3.8) is 0 Å². The van der Waals surface area contributed by atoms with Crippen molar-refractivity contribution in [3.05, 3.63) is 20.8 Å². The monoisotopic (exact) mass is 305 g/mol. The average Bonchev–Trinajstić information content (AvgIpc) is 2.71. The number of rotatable bonds is 6. The fourth-order valence-corrected chi connectivity index (χ4v) is 2.96. The summed E-state index contributed by atoms with van der Waals surface area (Å²) in [5, 5.41) is 0. The first kappa shape index (κ1) is 14.2. The normalized spacial score (nSPS) is 17.1. The van der Waals surface area contributed by atoms with E-state index in [4.69, 9.17) is 10.5 Å². The van der Waals surface area contributed by atoms with Gasteiger partial charge in [0.05, 0.1) is 9.89 Å². The zero-order valence-corrected chi connectivity index (χ0v) is 12.5. The summed E-state index contributed by atoms with van der Waals surface area (Å²) in [6.07, 6.45) is 2.22. The van der Waals surface area contributed by atoms with Crippen molar-refractivity contribution >= 4 is 27.3 Å². The maximum Gasteiger partial charge on any atom is 0.107 e. The summed E-state index contributed by atoms with van der Waals surface area (Å²) in [6, 6.07) is 4.21. The van der Waals surface area contributed by atoms with Crippen molar-refractivity contribution in [2.24, 2.45) is 5.73 Å². The van der Waals surface area contributed by atoms with Gasteiger partial charge in [-0.3, -0.25) is 0 Å². The Balaban J connectivity index is 2.78. The van der Waals surface area contributed by atoms with E-state index in [1.807, 2.05) is 0 Å². The molecule has 0 amide bonds. The molecule has 0 bridgehead atoms. The third kappa shape index (κ3) is 3.84. The lowest BCUT2D eigenvalue weighted by atomic mass is 10.1. The molecule has 0 aliphatic rings. The van der Waals surface area contributed by atoms with E-state index >= 15 is 0 Å². The third-order valence-electron chi connectivity index (χ3n) is 2.69. The van der Waals surface area contributed by atoms with Crippen LogP contribution in [0.15, 0.2) is 15.9 Å². The predicted octanol–water partition coefficient (Wildman–Crippen LogP) is 4.10. The molecular weight excluding hydrogens is 286 g/mol. The largest absolute Gasteiger partial charge is 0.368 e. The van der Waals surface area contributed by atoms with E-state index in [0.29, 0.717) is 0 Å². The molecule has 1 aromatic heterocycles. The summed E-state index contributed by atoms with van der Waals surface area (Å²) >= 11 is 5.18. The highest BCUT2D eigenvalue weighted by atomic mass is 79.9. The first-order valence-electron chi connectivity index (χ1n) is 5.74. The molecule has 1 aromatic rings. The molecule has 0 saturated carbocycles. The molecule has 1 heterocycles. The van der Waals surface area contributed by atoms with Crippen molar-refractivity contribution in [1.29, 1.82) is 0 Å². The Morgan fingerprint density at radius 3 is 2.50 bits per heavy atom. The molecule has 0 aliphatic carbocycles. The predicted molar refractivity (Wildman–Crippen MR) is 73.9 cm³/mol. The zero-order valence-electron chi connectivity index (χ0n) is 10.1. The maximum absolute atomic E-state index is 6.13. The molecule has 1 rings (SSSR count). The van der Waals surface area contributed by atoms with Gasteiger partial charge in [-0.05, 0) is 47.8 Å². The van der Waals surface area contributed by atoms with Gasteiger partial charge in [0.25, 0.3) is 0 Å². The van der Waals surface area contributed by atoms with Gasteiger partial charge in [0.1, 0.15) is 6.10 Å². The van der Waals surface area contributed by atoms with Gasteiger partial charge in [-0.25, -0.2) is 0 Å². The SMILES string of the molecule is CCC(C)OC(c1ccc(Br)s1)C(N)CC. The first-order valence-corrected chi connectivity index (χ1v) is 7.35. The Morgan fingerprint density at radius 1 is 1.38 bits per heavy atom. The maximum atomic E-state index is 6.13. The van der Waals surface area contributed by atoms with Gasteiger partial charge in [-0.2, -0.15) is 0 Å². The highest BCUT2D eigenvalue weighted by Crippen LogP contribution is 2.32. The van der Waals surface area contributed by atoms with E-state index < -0.39 is 0 Å². The van der Waals surface area contributed by atoms with Crippen molar-refractivity contribution in [2.45, 2.75) is 51.9 Å². The molecule has 3 unspecified atom stereocenters. The Kier molecular flexibility index (Phi) is 5.97. The van der Waals surface area contributed by atoms with Crippen LogP contribution >= 0.6 is 27.3 Å². The van der Waals surface area contributed by atoms with Crippen LogP contribution in [-0.2, 0) is 4.74 Å². The Bertz CT molecular complexity index is 316. The lowest BCUT2D eigenvalue weighted by Crippen LogP contribution is -2.31. The summed E-state index contributed by atoms with van der Waals surface area (Å²) in [5.41, 5.74) is 6.13. The highest BCUT2D eigenvalue weighted by molar-refractivity contribution is 9.11. The molecule has 2 nitrogen and oxygen atoms in total. The fourth-order valence-electron chi connectivity index (χ4n) is 1.42. The number of thiophene rings is 1. The van der Waals surface area contributed by atoms with E-state index in [-0.39, 0.29) is 18.2 Å². The molecular formula is C12H20BrNOS. The van der Waals surface area contributed by atoms with E-state index in [1.165, 1.54) is 4.88 Å². The van der Waals surface area contributed by atoms with Crippen LogP contribution < -0.4 is 5.73 Å². The molecule has 92 valence electrons. The van der Waals surface area contributed by atoms with Crippen molar-refractivity contribution in [3.8, 4) is 0 Å². The van der Waals surface area contributed by atoms with Gasteiger partial charge in [0.15, 0.2) is 0 Å². The van der Waals surface area contributed by atoms with Gasteiger partial charge in [0, 0.05) is 10.9 Å². The molecule has 0 saturated heterocycles. The van der Waals surface area contributed by atoms with Crippen LogP contribution in [-0.4, -0.2) is 12.1 Å². The third-order valence-corrected chi connectivity index (χ3v) is 4.37. The summed E-state index contributed by atoms with van der Waals surface area (Å²) in [6.45, 7) is 6.32. The van der Waals surface area contributed by atoms with E-state index in [2.05, 4.69) is 48.8 Å². The van der Waals surface area contributed by atoms with Crippen LogP contribution in [0, 0.1) is 0 Å². The second-order valence-corrected chi connectivity index (χ2v) is 6.48. The van der Waals surface area contributed by atoms with Crippen LogP contribution in [0.2, 0.25) is 0 Å². The lowest BCUT2D eigenvalue weighted by molar-refractivity contribution is -0.0177. The second-order valence-electron chi connectivity index (χ2n) is 3.99. The highest BCUT2D eigenvalue weighted by Gasteiger charge is 2.22. The Morgan fingerprint density at radius 2 is 2.06 bits per heavy atom. The van der Waals surface area contributed by atoms with E-state index in [0.717, 1.165) is 16.6 Å². The molecule has 16 heavy (non-hydrogen) atoms. The topological polar surface area (TPSA) is 35.2 Å². The molecule has 2 N–H and O–H groups in total. The molecule has 4 heteroatoms. The quantitative estimate of drug-likeness (QED) is 0.858. The minimum atomic E-state index is 0.0243. The average molecular weight is 306 g/mol. The van der Waals surface area contributed by atoms with Gasteiger partial charge >= 0.3 is 0 Å². The minimum absolute atomic E-state index is 0.0243. The molecule has 0 fully saturated rings. The lowest BCUT2D eigenvalue weighted by Gasteiger charge is -2.25. The van der Waals surface area contributed by atoms with Crippen LogP contribution in [0.25, 0.3) is 0 Å². The number of halogens is 1. The molecule has 0 radical (unpaired) electrons. The van der Waals surface area contributed by atoms with Crippen molar-refractivity contribution < 1.29 is 4.74 Å². The van der Waals surface area contributed by atoms with E-state index in [1.54, 1.807) is 11.3 Å². The van der Waals surface area contributed by atoms with Crippen molar-refractivity contribution in [2.75, 3.05) is 0 Å². The minimum Gasteiger partial charge on any atom is -0.368 e. The fraction of sp³-hybridized carbons (Fsp3) is 0.667. The number of ether oxygens (including phenoxy) is 1. The van der Waals surface area contributed by atoms with Gasteiger partial charge in [-0.1, -0.05) is 13.8 Å². The van der Waals surface area contributed by atoms with Crippen LogP contribution in [0.1, 0.15) is 44.6 Å². The van der Waals surface area contributed by atoms with Crippen LogP contribution in [0.3, 0.4) is 0 Å². The number of hydrogen-bond donors (Lipinski definition) is 1. The molecule has 0 aromatic carbocycles. The summed E-state index contributed by atoms with van der Waals surface area (Å²) in [5.74, 6) is 0. The van der Waals surface area contributed by atoms with Crippen LogP contribution in [0.4, 0.5) is 0 Å². The number of nitrogens with two attached hydrogens (primary N) is 1. The molecule has 3 atom stereocenters. The zero-order chi connectivity index (χ0) is 12.1. The van der Waals surface area contributed by atoms with Gasteiger partial charge < -0.3 is 10.5 Å². The summed E-state index contributed by atoms with van der Waals surface area (Å²) in [7, 11) is 0. The first-order chi connectivity index (χ1) is 7.58. The smallest absolute Gasteiger partial charge is 0.107 e. The number of hydrogen-bond acceptors (Lipinski definition) is 3. The summed E-state index contributed by atoms with van der Waals surface area (Å²) in [4.78, 5) is 1.21. The standard InChI is InChI=1S/C12H20BrNOS/c1-4-8(3)15-12(9(14)5-2)10-6-7-11(13)16-10/h6-9,12H,4-5,14H2,1-3H3. The Labute approximate surface area is 110 Å². The van der Waals surface area contributed by atoms with Gasteiger partial charge in [0.2, 0.25) is 0 Å².